The highest BCUT2D eigenvalue weighted by Crippen LogP contribution is 2.36. The molecule has 0 aliphatic rings. The molecular formula is C33H33FN2O2. The first-order chi connectivity index (χ1) is 18.7. The molecule has 4 aromatic carbocycles. The number of methoxy groups -OCH3 is 1. The third-order valence-corrected chi connectivity index (χ3v) is 6.79. The zero-order valence-corrected chi connectivity index (χ0v) is 21.9. The molecule has 0 atom stereocenters. The van der Waals surface area contributed by atoms with Crippen molar-refractivity contribution in [3.63, 3.8) is 0 Å². The molecule has 0 aliphatic carbocycles. The Bertz CT molecular complexity index is 1480. The van der Waals surface area contributed by atoms with E-state index in [1.54, 1.807) is 13.2 Å². The maximum Gasteiger partial charge on any atom is 0.156 e. The number of hydrogen-bond donors (Lipinski definition) is 1. The summed E-state index contributed by atoms with van der Waals surface area (Å²) >= 11 is 0. The second-order valence-corrected chi connectivity index (χ2v) is 9.35. The van der Waals surface area contributed by atoms with Crippen molar-refractivity contribution < 1.29 is 13.9 Å². The highest BCUT2D eigenvalue weighted by Gasteiger charge is 2.20. The minimum atomic E-state index is -0.252. The summed E-state index contributed by atoms with van der Waals surface area (Å²) in [5.74, 6) is 1.13. The van der Waals surface area contributed by atoms with E-state index in [1.807, 2.05) is 66.7 Å². The molecule has 38 heavy (non-hydrogen) atoms. The molecule has 5 heteroatoms. The topological polar surface area (TPSA) is 35.4 Å². The molecule has 5 aromatic rings. The van der Waals surface area contributed by atoms with Crippen LogP contribution >= 0.6 is 0 Å². The molecule has 1 N–H and O–H groups in total. The van der Waals surface area contributed by atoms with Crippen molar-refractivity contribution in [1.29, 1.82) is 0 Å². The van der Waals surface area contributed by atoms with Gasteiger partial charge in [-0.3, -0.25) is 0 Å². The fourth-order valence-electron chi connectivity index (χ4n) is 4.72. The Morgan fingerprint density at radius 2 is 1.50 bits per heavy atom. The van der Waals surface area contributed by atoms with E-state index in [1.165, 1.54) is 5.56 Å². The van der Waals surface area contributed by atoms with Crippen molar-refractivity contribution in [2.45, 2.75) is 26.5 Å². The van der Waals surface area contributed by atoms with Crippen molar-refractivity contribution >= 4 is 10.9 Å². The van der Waals surface area contributed by atoms with Gasteiger partial charge in [0.2, 0.25) is 0 Å². The van der Waals surface area contributed by atoms with Gasteiger partial charge in [0.25, 0.3) is 0 Å². The number of nitrogens with one attached hydrogen (secondary N) is 1. The van der Waals surface area contributed by atoms with E-state index < -0.39 is 0 Å². The molecule has 0 fully saturated rings. The average Bonchev–Trinajstić information content (AvgIpc) is 3.24. The Hall–Kier alpha value is -4.09. The number of fused-ring (bicyclic) bond motifs is 1. The summed E-state index contributed by atoms with van der Waals surface area (Å²) in [6.45, 7) is 5.03. The van der Waals surface area contributed by atoms with Crippen LogP contribution in [0.5, 0.6) is 11.5 Å². The molecule has 0 bridgehead atoms. The van der Waals surface area contributed by atoms with Gasteiger partial charge in [-0.05, 0) is 78.7 Å². The van der Waals surface area contributed by atoms with E-state index in [0.29, 0.717) is 30.0 Å². The summed E-state index contributed by atoms with van der Waals surface area (Å²) in [7, 11) is 1.63. The number of hydrogen-bond acceptors (Lipinski definition) is 3. The van der Waals surface area contributed by atoms with Gasteiger partial charge in [0.15, 0.2) is 5.82 Å². The number of nitrogens with zero attached hydrogens (tertiary/aromatic N) is 1. The van der Waals surface area contributed by atoms with Gasteiger partial charge in [-0.25, -0.2) is 4.39 Å². The standard InChI is InChI=1S/C33H33FN2O2/c1-3-35-20-19-24-9-11-25(12-10-24)22-36-31-18-17-29(38-23-26-7-5-4-6-8-26)21-30(31)32(34)33(36)27-13-15-28(37-2)16-14-27/h4-18,21,35H,3,19-20,22-23H2,1-2H3. The molecular weight excluding hydrogens is 475 g/mol. The average molecular weight is 509 g/mol. The highest BCUT2D eigenvalue weighted by molar-refractivity contribution is 5.89. The largest absolute Gasteiger partial charge is 0.497 e. The minimum Gasteiger partial charge on any atom is -0.497 e. The fraction of sp³-hybridized carbons (Fsp3) is 0.212. The molecule has 1 aromatic heterocycles. The van der Waals surface area contributed by atoms with E-state index in [2.05, 4.69) is 41.1 Å². The van der Waals surface area contributed by atoms with Crippen LogP contribution in [0.15, 0.2) is 97.1 Å². The second kappa shape index (κ2) is 12.0. The molecule has 0 unspecified atom stereocenters. The van der Waals surface area contributed by atoms with Crippen LogP contribution in [0.3, 0.4) is 0 Å². The minimum absolute atomic E-state index is 0.252. The van der Waals surface area contributed by atoms with E-state index >= 15 is 4.39 Å². The Labute approximate surface area is 223 Å². The molecule has 0 saturated carbocycles. The van der Waals surface area contributed by atoms with Crippen molar-refractivity contribution in [3.05, 3.63) is 120 Å². The van der Waals surface area contributed by atoms with E-state index in [9.17, 15) is 0 Å². The summed E-state index contributed by atoms with van der Waals surface area (Å²) in [5.41, 5.74) is 5.66. The first-order valence-electron chi connectivity index (χ1n) is 13.1. The number of halogens is 1. The predicted molar refractivity (Wildman–Crippen MR) is 152 cm³/mol. The SMILES string of the molecule is CCNCCc1ccc(Cn2c(-c3ccc(OC)cc3)c(F)c3cc(OCc4ccccc4)ccc32)cc1. The van der Waals surface area contributed by atoms with Crippen molar-refractivity contribution in [1.82, 2.24) is 9.88 Å². The van der Waals surface area contributed by atoms with Crippen molar-refractivity contribution in [2.75, 3.05) is 20.2 Å². The van der Waals surface area contributed by atoms with Gasteiger partial charge in [0.05, 0.1) is 18.3 Å². The molecule has 0 amide bonds. The maximum atomic E-state index is 16.1. The van der Waals surface area contributed by atoms with Crippen LogP contribution in [0.2, 0.25) is 0 Å². The lowest BCUT2D eigenvalue weighted by Gasteiger charge is -2.13. The first-order valence-corrected chi connectivity index (χ1v) is 13.1. The van der Waals surface area contributed by atoms with Crippen LogP contribution in [-0.4, -0.2) is 24.8 Å². The van der Waals surface area contributed by atoms with E-state index in [4.69, 9.17) is 9.47 Å². The fourth-order valence-corrected chi connectivity index (χ4v) is 4.72. The lowest BCUT2D eigenvalue weighted by molar-refractivity contribution is 0.306. The molecule has 0 spiro atoms. The summed E-state index contributed by atoms with van der Waals surface area (Å²) in [4.78, 5) is 0. The van der Waals surface area contributed by atoms with Gasteiger partial charge < -0.3 is 19.4 Å². The van der Waals surface area contributed by atoms with Gasteiger partial charge in [0, 0.05) is 17.5 Å². The summed E-state index contributed by atoms with van der Waals surface area (Å²) in [5, 5.41) is 3.91. The van der Waals surface area contributed by atoms with Crippen LogP contribution in [0.1, 0.15) is 23.6 Å². The van der Waals surface area contributed by atoms with Crippen LogP contribution < -0.4 is 14.8 Å². The summed E-state index contributed by atoms with van der Waals surface area (Å²) in [6.07, 6.45) is 0.984. The molecule has 0 saturated heterocycles. The lowest BCUT2D eigenvalue weighted by Crippen LogP contribution is -2.16. The third-order valence-electron chi connectivity index (χ3n) is 6.79. The molecule has 0 aliphatic heterocycles. The van der Waals surface area contributed by atoms with Crippen molar-refractivity contribution in [2.24, 2.45) is 0 Å². The van der Waals surface area contributed by atoms with Crippen LogP contribution in [0.25, 0.3) is 22.2 Å². The third kappa shape index (κ3) is 5.74. The Kier molecular flexibility index (Phi) is 8.05. The smallest absolute Gasteiger partial charge is 0.156 e. The Morgan fingerprint density at radius 3 is 2.21 bits per heavy atom. The monoisotopic (exact) mass is 508 g/mol. The van der Waals surface area contributed by atoms with E-state index in [-0.39, 0.29) is 5.82 Å². The van der Waals surface area contributed by atoms with Crippen LogP contribution in [-0.2, 0) is 19.6 Å². The quantitative estimate of drug-likeness (QED) is 0.191. The zero-order valence-electron chi connectivity index (χ0n) is 21.9. The molecule has 0 radical (unpaired) electrons. The van der Waals surface area contributed by atoms with Crippen LogP contribution in [0.4, 0.5) is 4.39 Å². The maximum absolute atomic E-state index is 16.1. The number of likely N-dealkylation sites (N-methyl/N-ethyl adjacent to an activating group) is 1. The van der Waals surface area contributed by atoms with Gasteiger partial charge in [0.1, 0.15) is 18.1 Å². The predicted octanol–water partition coefficient (Wildman–Crippen LogP) is 7.24. The number of benzene rings is 4. The zero-order chi connectivity index (χ0) is 26.3. The Morgan fingerprint density at radius 1 is 0.789 bits per heavy atom. The van der Waals surface area contributed by atoms with Gasteiger partial charge >= 0.3 is 0 Å². The number of aromatic nitrogens is 1. The Balaban J connectivity index is 1.49. The van der Waals surface area contributed by atoms with E-state index in [0.717, 1.165) is 47.5 Å². The lowest BCUT2D eigenvalue weighted by atomic mass is 10.1. The molecule has 1 heterocycles. The summed E-state index contributed by atoms with van der Waals surface area (Å²) in [6, 6.07) is 31.8. The van der Waals surface area contributed by atoms with Gasteiger partial charge in [-0.15, -0.1) is 0 Å². The van der Waals surface area contributed by atoms with Crippen molar-refractivity contribution in [3.8, 4) is 22.8 Å². The summed E-state index contributed by atoms with van der Waals surface area (Å²) < 4.78 is 29.5. The van der Waals surface area contributed by atoms with Gasteiger partial charge in [-0.2, -0.15) is 0 Å². The molecule has 4 nitrogen and oxygen atoms in total. The number of ether oxygens (including phenoxy) is 2. The van der Waals surface area contributed by atoms with Crippen LogP contribution in [0, 0.1) is 5.82 Å². The molecule has 5 rings (SSSR count). The highest BCUT2D eigenvalue weighted by atomic mass is 19.1. The second-order valence-electron chi connectivity index (χ2n) is 9.35. The van der Waals surface area contributed by atoms with Gasteiger partial charge in [-0.1, -0.05) is 61.5 Å². The normalized spacial score (nSPS) is 11.1. The molecule has 194 valence electrons. The first kappa shape index (κ1) is 25.6. The number of rotatable bonds is 11.